The van der Waals surface area contributed by atoms with Gasteiger partial charge in [0.25, 0.3) is 0 Å². The molecule has 2 rings (SSSR count). The highest BCUT2D eigenvalue weighted by molar-refractivity contribution is 5.96. The van der Waals surface area contributed by atoms with Crippen LogP contribution in [-0.2, 0) is 11.2 Å². The molecule has 0 saturated carbocycles. The van der Waals surface area contributed by atoms with E-state index in [1.165, 1.54) is 0 Å². The van der Waals surface area contributed by atoms with Gasteiger partial charge in [0.15, 0.2) is 0 Å². The molecule has 0 spiro atoms. The third-order valence-electron chi connectivity index (χ3n) is 3.44. The van der Waals surface area contributed by atoms with Crippen LogP contribution in [0.3, 0.4) is 0 Å². The predicted molar refractivity (Wildman–Crippen MR) is 85.4 cm³/mol. The fourth-order valence-electron chi connectivity index (χ4n) is 2.19. The highest BCUT2D eigenvalue weighted by atomic mass is 16.5. The summed E-state index contributed by atoms with van der Waals surface area (Å²) >= 11 is 0. The first-order chi connectivity index (χ1) is 10.6. The molecule has 2 aromatic rings. The third kappa shape index (κ3) is 3.05. The highest BCUT2D eigenvalue weighted by Gasteiger charge is 2.19. The number of hydrogen-bond donors (Lipinski definition) is 2. The van der Waals surface area contributed by atoms with E-state index in [0.29, 0.717) is 29.3 Å². The first kappa shape index (κ1) is 15.9. The van der Waals surface area contributed by atoms with Crippen molar-refractivity contribution in [2.75, 3.05) is 19.5 Å². The average molecular weight is 303 g/mol. The summed E-state index contributed by atoms with van der Waals surface area (Å²) in [5.41, 5.74) is 2.99. The number of methoxy groups -OCH3 is 2. The molecule has 118 valence electrons. The molecule has 22 heavy (non-hydrogen) atoms. The minimum Gasteiger partial charge on any atom is -0.497 e. The Morgan fingerprint density at radius 1 is 1.27 bits per heavy atom. The number of nitrogens with one attached hydrogen (secondary N) is 2. The van der Waals surface area contributed by atoms with Crippen molar-refractivity contribution >= 4 is 11.6 Å². The Kier molecular flexibility index (Phi) is 5.04. The van der Waals surface area contributed by atoms with Crippen molar-refractivity contribution in [2.45, 2.75) is 26.7 Å². The Morgan fingerprint density at radius 3 is 2.64 bits per heavy atom. The van der Waals surface area contributed by atoms with Gasteiger partial charge >= 0.3 is 0 Å². The molecule has 6 nitrogen and oxygen atoms in total. The zero-order valence-corrected chi connectivity index (χ0v) is 13.3. The van der Waals surface area contributed by atoms with Crippen molar-refractivity contribution in [1.29, 1.82) is 0 Å². The zero-order valence-electron chi connectivity index (χ0n) is 13.3. The molecule has 6 heteroatoms. The number of aromatic nitrogens is 2. The number of benzene rings is 1. The molecular weight excluding hydrogens is 282 g/mol. The van der Waals surface area contributed by atoms with E-state index >= 15 is 0 Å². The van der Waals surface area contributed by atoms with E-state index in [4.69, 9.17) is 9.47 Å². The van der Waals surface area contributed by atoms with Crippen LogP contribution in [0.4, 0.5) is 5.69 Å². The number of nitrogens with zero attached hydrogens (tertiary/aromatic N) is 1. The van der Waals surface area contributed by atoms with Crippen LogP contribution < -0.4 is 14.8 Å². The van der Waals surface area contributed by atoms with Gasteiger partial charge < -0.3 is 14.8 Å². The van der Waals surface area contributed by atoms with Crippen LogP contribution in [0.2, 0.25) is 0 Å². The lowest BCUT2D eigenvalue weighted by Crippen LogP contribution is -2.11. The number of amides is 1. The van der Waals surface area contributed by atoms with E-state index in [1.54, 1.807) is 14.2 Å². The quantitative estimate of drug-likeness (QED) is 0.860. The number of carbonyl (C=O) groups excluding carboxylic acids is 1. The Morgan fingerprint density at radius 2 is 2.05 bits per heavy atom. The summed E-state index contributed by atoms with van der Waals surface area (Å²) in [5.74, 6) is 1.31. The van der Waals surface area contributed by atoms with E-state index in [1.807, 2.05) is 32.0 Å². The zero-order chi connectivity index (χ0) is 16.1. The maximum Gasteiger partial charge on any atom is 0.224 e. The molecule has 0 atom stereocenters. The van der Waals surface area contributed by atoms with Crippen molar-refractivity contribution in [3.05, 3.63) is 23.9 Å². The van der Waals surface area contributed by atoms with E-state index in [2.05, 4.69) is 15.5 Å². The van der Waals surface area contributed by atoms with Gasteiger partial charge in [0.1, 0.15) is 17.2 Å². The van der Waals surface area contributed by atoms with Crippen molar-refractivity contribution < 1.29 is 14.3 Å². The summed E-state index contributed by atoms with van der Waals surface area (Å²) in [5, 5.41) is 10.3. The summed E-state index contributed by atoms with van der Waals surface area (Å²) in [7, 11) is 3.20. The van der Waals surface area contributed by atoms with Crippen LogP contribution in [-0.4, -0.2) is 30.3 Å². The molecule has 0 fully saturated rings. The maximum absolute atomic E-state index is 11.8. The Hall–Kier alpha value is -2.50. The first-order valence-corrected chi connectivity index (χ1v) is 7.24. The second-order valence-corrected chi connectivity index (χ2v) is 4.75. The summed E-state index contributed by atoms with van der Waals surface area (Å²) in [6.45, 7) is 3.81. The molecule has 0 bridgehead atoms. The van der Waals surface area contributed by atoms with E-state index < -0.39 is 0 Å². The van der Waals surface area contributed by atoms with Crippen LogP contribution in [0.15, 0.2) is 18.2 Å². The van der Waals surface area contributed by atoms with Crippen LogP contribution in [0.25, 0.3) is 11.3 Å². The fourth-order valence-corrected chi connectivity index (χ4v) is 2.19. The number of aryl methyl sites for hydroxylation is 1. The van der Waals surface area contributed by atoms with E-state index in [9.17, 15) is 4.79 Å². The minimum absolute atomic E-state index is 0.0563. The second kappa shape index (κ2) is 6.98. The molecule has 1 amide bonds. The van der Waals surface area contributed by atoms with Gasteiger partial charge in [0, 0.05) is 12.0 Å². The molecule has 1 aromatic carbocycles. The summed E-state index contributed by atoms with van der Waals surface area (Å²) < 4.78 is 10.7. The third-order valence-corrected chi connectivity index (χ3v) is 3.44. The molecule has 0 aliphatic carbocycles. The summed E-state index contributed by atoms with van der Waals surface area (Å²) in [4.78, 5) is 11.8. The van der Waals surface area contributed by atoms with Crippen LogP contribution in [0, 0.1) is 0 Å². The molecule has 0 aliphatic rings. The van der Waals surface area contributed by atoms with Crippen molar-refractivity contribution in [2.24, 2.45) is 0 Å². The predicted octanol–water partition coefficient (Wildman–Crippen LogP) is 3.00. The van der Waals surface area contributed by atoms with Crippen molar-refractivity contribution in [1.82, 2.24) is 10.2 Å². The van der Waals surface area contributed by atoms with Crippen LogP contribution >= 0.6 is 0 Å². The molecule has 0 saturated heterocycles. The Balaban J connectivity index is 2.56. The van der Waals surface area contributed by atoms with E-state index in [-0.39, 0.29) is 5.91 Å². The van der Waals surface area contributed by atoms with Crippen molar-refractivity contribution in [3.63, 3.8) is 0 Å². The normalized spacial score (nSPS) is 10.4. The molecule has 0 aliphatic heterocycles. The number of carbonyl (C=O) groups is 1. The largest absolute Gasteiger partial charge is 0.497 e. The van der Waals surface area contributed by atoms with Gasteiger partial charge in [0.2, 0.25) is 5.91 Å². The van der Waals surface area contributed by atoms with Gasteiger partial charge in [-0.25, -0.2) is 0 Å². The number of H-pyrrole nitrogens is 1. The smallest absolute Gasteiger partial charge is 0.224 e. The number of aromatic amines is 1. The number of hydrogen-bond acceptors (Lipinski definition) is 4. The second-order valence-electron chi connectivity index (χ2n) is 4.75. The summed E-state index contributed by atoms with van der Waals surface area (Å²) in [6.07, 6.45) is 1.14. The van der Waals surface area contributed by atoms with Crippen molar-refractivity contribution in [3.8, 4) is 22.8 Å². The standard InChI is InChI=1S/C16H21N3O3/c1-5-12-16(17-14(20)6-2)15(19-18-12)11-9-10(21-3)7-8-13(11)22-4/h7-9H,5-6H2,1-4H3,(H,17,20)(H,18,19). The highest BCUT2D eigenvalue weighted by Crippen LogP contribution is 2.37. The maximum atomic E-state index is 11.8. The topological polar surface area (TPSA) is 76.2 Å². The lowest BCUT2D eigenvalue weighted by molar-refractivity contribution is -0.115. The monoisotopic (exact) mass is 303 g/mol. The van der Waals surface area contributed by atoms with Gasteiger partial charge in [-0.05, 0) is 24.6 Å². The molecule has 2 N–H and O–H groups in total. The molecular formula is C16H21N3O3. The average Bonchev–Trinajstić information content (AvgIpc) is 2.96. The SMILES string of the molecule is CCC(=O)Nc1c(-c2cc(OC)ccc2OC)n[nH]c1CC. The van der Waals surface area contributed by atoms with Gasteiger partial charge in [-0.1, -0.05) is 13.8 Å². The minimum atomic E-state index is -0.0563. The number of rotatable bonds is 6. The lowest BCUT2D eigenvalue weighted by Gasteiger charge is -2.11. The number of anilines is 1. The fraction of sp³-hybridized carbons (Fsp3) is 0.375. The first-order valence-electron chi connectivity index (χ1n) is 7.24. The number of ether oxygens (including phenoxy) is 2. The Labute approximate surface area is 129 Å². The van der Waals surface area contributed by atoms with Gasteiger partial charge in [-0.2, -0.15) is 5.10 Å². The lowest BCUT2D eigenvalue weighted by atomic mass is 10.1. The summed E-state index contributed by atoms with van der Waals surface area (Å²) in [6, 6.07) is 5.48. The molecule has 0 unspecified atom stereocenters. The van der Waals surface area contributed by atoms with Gasteiger partial charge in [-0.15, -0.1) is 0 Å². The van der Waals surface area contributed by atoms with E-state index in [0.717, 1.165) is 17.7 Å². The van der Waals surface area contributed by atoms with Crippen LogP contribution in [0.1, 0.15) is 26.0 Å². The molecule has 1 aromatic heterocycles. The van der Waals surface area contributed by atoms with Crippen LogP contribution in [0.5, 0.6) is 11.5 Å². The van der Waals surface area contributed by atoms with Gasteiger partial charge in [0.05, 0.1) is 25.6 Å². The van der Waals surface area contributed by atoms with Gasteiger partial charge in [-0.3, -0.25) is 9.89 Å². The molecule has 1 heterocycles. The molecule has 0 radical (unpaired) electrons. The Bertz CT molecular complexity index is 665.